The van der Waals surface area contributed by atoms with Crippen molar-refractivity contribution in [1.29, 1.82) is 0 Å². The average Bonchev–Trinajstić information content (AvgIpc) is 3.31. The zero-order valence-electron chi connectivity index (χ0n) is 23.4. The highest BCUT2D eigenvalue weighted by molar-refractivity contribution is 7.89. The summed E-state index contributed by atoms with van der Waals surface area (Å²) in [5, 5.41) is 24.2. The summed E-state index contributed by atoms with van der Waals surface area (Å²) in [6.07, 6.45) is -5.72. The number of carboxylic acid groups (broad SMARTS) is 2. The van der Waals surface area contributed by atoms with E-state index in [1.165, 1.54) is 0 Å². The van der Waals surface area contributed by atoms with Crippen LogP contribution in [0.2, 0.25) is 0 Å². The van der Waals surface area contributed by atoms with Gasteiger partial charge >= 0.3 is 18.2 Å². The quantitative estimate of drug-likeness (QED) is 0.232. The third-order valence-corrected chi connectivity index (χ3v) is 8.43. The molecule has 13 nitrogen and oxygen atoms in total. The van der Waals surface area contributed by atoms with E-state index < -0.39 is 71.1 Å². The molecule has 1 aromatic carbocycles. The number of likely N-dealkylation sites (tertiary alicyclic amines) is 1. The molecule has 0 bridgehead atoms. The Morgan fingerprint density at radius 2 is 1.79 bits per heavy atom. The highest BCUT2D eigenvalue weighted by Gasteiger charge is 2.36. The van der Waals surface area contributed by atoms with Crippen LogP contribution in [-0.2, 0) is 30.5 Å². The number of hydrogen-bond donors (Lipinski definition) is 5. The standard InChI is InChI=1S/C26H32F3N5O8S/c1-14-6-15(2)23(16(3)7-14)43(40,41)33-20(24(36)37)11-32-22(35)13-42-19-8-18(34(12-19)25(38)39)10-31-21-5-4-17(9-30-21)26(27,28)29/h4-7,9,18-20,33H,8,10-13H2,1-3H3,(H,30,31)(H,32,35)(H,36,37)(H,38,39). The third-order valence-electron chi connectivity index (χ3n) is 6.65. The number of carboxylic acids is 1. The van der Waals surface area contributed by atoms with E-state index in [-0.39, 0.29) is 30.2 Å². The van der Waals surface area contributed by atoms with Crippen LogP contribution in [-0.4, -0.2) is 90.9 Å². The molecule has 1 aliphatic rings. The number of pyridine rings is 1. The van der Waals surface area contributed by atoms with Gasteiger partial charge in [-0.3, -0.25) is 9.59 Å². The predicted octanol–water partition coefficient (Wildman–Crippen LogP) is 2.12. The van der Waals surface area contributed by atoms with Crippen molar-refractivity contribution in [2.45, 2.75) is 56.5 Å². The number of benzene rings is 1. The van der Waals surface area contributed by atoms with Crippen LogP contribution in [0.5, 0.6) is 0 Å². The Kier molecular flexibility index (Phi) is 10.6. The van der Waals surface area contributed by atoms with Gasteiger partial charge in [0, 0.05) is 19.3 Å². The van der Waals surface area contributed by atoms with Crippen LogP contribution in [0.1, 0.15) is 28.7 Å². The number of nitrogens with zero attached hydrogens (tertiary/aromatic N) is 2. The monoisotopic (exact) mass is 631 g/mol. The van der Waals surface area contributed by atoms with E-state index in [0.29, 0.717) is 17.3 Å². The molecule has 3 unspecified atom stereocenters. The van der Waals surface area contributed by atoms with E-state index in [0.717, 1.165) is 22.6 Å². The van der Waals surface area contributed by atoms with Crippen molar-refractivity contribution in [3.63, 3.8) is 0 Å². The molecule has 3 rings (SSSR count). The maximum Gasteiger partial charge on any atom is 0.417 e. The molecule has 0 radical (unpaired) electrons. The minimum atomic E-state index is -4.55. The van der Waals surface area contributed by atoms with Crippen LogP contribution in [0.4, 0.5) is 23.8 Å². The van der Waals surface area contributed by atoms with Gasteiger partial charge in [0.05, 0.1) is 29.1 Å². The van der Waals surface area contributed by atoms with Crippen LogP contribution in [0.3, 0.4) is 0 Å². The van der Waals surface area contributed by atoms with Crippen molar-refractivity contribution in [3.05, 3.63) is 52.7 Å². The number of sulfonamides is 1. The van der Waals surface area contributed by atoms with Crippen LogP contribution in [0, 0.1) is 20.8 Å². The van der Waals surface area contributed by atoms with Crippen molar-refractivity contribution in [3.8, 4) is 0 Å². The number of aliphatic carboxylic acids is 1. The molecular weight excluding hydrogens is 599 g/mol. The maximum absolute atomic E-state index is 12.9. The van der Waals surface area contributed by atoms with Gasteiger partial charge in [0.2, 0.25) is 15.9 Å². The van der Waals surface area contributed by atoms with E-state index in [1.54, 1.807) is 32.9 Å². The molecule has 2 amide bonds. The molecular formula is C26H32F3N5O8S. The number of alkyl halides is 3. The molecule has 0 spiro atoms. The normalized spacial score (nSPS) is 17.9. The Bertz CT molecular complexity index is 1430. The topological polar surface area (TPSA) is 187 Å². The molecule has 2 aromatic rings. The fourth-order valence-corrected chi connectivity index (χ4v) is 6.43. The highest BCUT2D eigenvalue weighted by Crippen LogP contribution is 2.29. The van der Waals surface area contributed by atoms with Gasteiger partial charge in [-0.1, -0.05) is 17.7 Å². The predicted molar refractivity (Wildman–Crippen MR) is 146 cm³/mol. The lowest BCUT2D eigenvalue weighted by Crippen LogP contribution is -2.49. The van der Waals surface area contributed by atoms with Crippen molar-refractivity contribution in [1.82, 2.24) is 19.9 Å². The lowest BCUT2D eigenvalue weighted by Gasteiger charge is -2.21. The van der Waals surface area contributed by atoms with Crippen molar-refractivity contribution in [2.24, 2.45) is 0 Å². The summed E-state index contributed by atoms with van der Waals surface area (Å²) in [5.41, 5.74) is 0.773. The highest BCUT2D eigenvalue weighted by atomic mass is 32.2. The SMILES string of the molecule is Cc1cc(C)c(S(=O)(=O)NC(CNC(=O)COC2CC(CNc3ccc(C(F)(F)F)cn3)N(C(=O)O)C2)C(=O)O)c(C)c1. The number of anilines is 1. The second-order valence-corrected chi connectivity index (χ2v) is 11.8. The largest absolute Gasteiger partial charge is 0.480 e. The van der Waals surface area contributed by atoms with Gasteiger partial charge in [0.1, 0.15) is 18.5 Å². The van der Waals surface area contributed by atoms with Gasteiger partial charge in [0.15, 0.2) is 0 Å². The first kappa shape index (κ1) is 33.5. The number of rotatable bonds is 12. The Hall–Kier alpha value is -3.96. The second kappa shape index (κ2) is 13.6. The van der Waals surface area contributed by atoms with Crippen molar-refractivity contribution < 1.29 is 50.9 Å². The summed E-state index contributed by atoms with van der Waals surface area (Å²) in [6, 6.07) is 2.93. The molecule has 1 saturated heterocycles. The molecule has 17 heteroatoms. The number of hydrogen-bond acceptors (Lipinski definition) is 8. The zero-order chi connectivity index (χ0) is 32.1. The van der Waals surface area contributed by atoms with E-state index >= 15 is 0 Å². The molecule has 236 valence electrons. The number of aromatic nitrogens is 1. The summed E-state index contributed by atoms with van der Waals surface area (Å²) in [7, 11) is -4.25. The molecule has 0 aliphatic carbocycles. The summed E-state index contributed by atoms with van der Waals surface area (Å²) in [5.74, 6) is -2.16. The Morgan fingerprint density at radius 1 is 1.14 bits per heavy atom. The second-order valence-electron chi connectivity index (χ2n) is 10.1. The number of aryl methyl sites for hydroxylation is 3. The Balaban J connectivity index is 1.52. The first-order valence-corrected chi connectivity index (χ1v) is 14.4. The minimum absolute atomic E-state index is 0.0110. The number of ether oxygens (including phenoxy) is 1. The molecule has 0 saturated carbocycles. The lowest BCUT2D eigenvalue weighted by atomic mass is 10.1. The number of amides is 2. The molecule has 1 aromatic heterocycles. The number of carbonyl (C=O) groups is 3. The van der Waals surface area contributed by atoms with Crippen molar-refractivity contribution >= 4 is 33.8 Å². The van der Waals surface area contributed by atoms with Crippen LogP contribution >= 0.6 is 0 Å². The molecule has 43 heavy (non-hydrogen) atoms. The van der Waals surface area contributed by atoms with Gasteiger partial charge in [-0.2, -0.15) is 17.9 Å². The smallest absolute Gasteiger partial charge is 0.417 e. The van der Waals surface area contributed by atoms with Gasteiger partial charge in [-0.15, -0.1) is 0 Å². The van der Waals surface area contributed by atoms with E-state index in [2.05, 4.69) is 20.3 Å². The minimum Gasteiger partial charge on any atom is -0.480 e. The third kappa shape index (κ3) is 9.01. The van der Waals surface area contributed by atoms with E-state index in [9.17, 15) is 46.2 Å². The molecule has 5 N–H and O–H groups in total. The average molecular weight is 632 g/mol. The first-order valence-electron chi connectivity index (χ1n) is 13.0. The summed E-state index contributed by atoms with van der Waals surface area (Å²) >= 11 is 0. The molecule has 2 heterocycles. The first-order chi connectivity index (χ1) is 20.0. The van der Waals surface area contributed by atoms with Gasteiger partial charge in [-0.05, 0) is 50.5 Å². The summed E-state index contributed by atoms with van der Waals surface area (Å²) in [4.78, 5) is 40.5. The molecule has 1 fully saturated rings. The zero-order valence-corrected chi connectivity index (χ0v) is 24.3. The van der Waals surface area contributed by atoms with E-state index in [1.807, 2.05) is 0 Å². The molecule has 1 aliphatic heterocycles. The van der Waals surface area contributed by atoms with Gasteiger partial charge in [-0.25, -0.2) is 18.2 Å². The molecule has 3 atom stereocenters. The number of carbonyl (C=O) groups excluding carboxylic acids is 1. The summed E-state index contributed by atoms with van der Waals surface area (Å²) < 4.78 is 71.7. The Labute approximate surface area is 245 Å². The number of nitrogens with one attached hydrogen (secondary N) is 3. The van der Waals surface area contributed by atoms with Crippen LogP contribution < -0.4 is 15.4 Å². The van der Waals surface area contributed by atoms with Crippen LogP contribution in [0.15, 0.2) is 35.4 Å². The van der Waals surface area contributed by atoms with Crippen LogP contribution in [0.25, 0.3) is 0 Å². The van der Waals surface area contributed by atoms with Crippen molar-refractivity contribution in [2.75, 3.05) is 31.6 Å². The summed E-state index contributed by atoms with van der Waals surface area (Å²) in [6.45, 7) is 3.74. The van der Waals surface area contributed by atoms with E-state index in [4.69, 9.17) is 4.74 Å². The Morgan fingerprint density at radius 3 is 2.33 bits per heavy atom. The fraction of sp³-hybridized carbons (Fsp3) is 0.462. The van der Waals surface area contributed by atoms with Gasteiger partial charge < -0.3 is 30.5 Å². The van der Waals surface area contributed by atoms with Gasteiger partial charge in [0.25, 0.3) is 0 Å². The maximum atomic E-state index is 12.9. The fourth-order valence-electron chi connectivity index (χ4n) is 4.79. The lowest BCUT2D eigenvalue weighted by molar-refractivity contribution is -0.139. The number of halogens is 3.